The van der Waals surface area contributed by atoms with E-state index in [1.165, 1.54) is 22.1 Å². The van der Waals surface area contributed by atoms with Crippen LogP contribution in [0.4, 0.5) is 5.69 Å². The van der Waals surface area contributed by atoms with Crippen LogP contribution in [0.2, 0.25) is 0 Å². The van der Waals surface area contributed by atoms with Gasteiger partial charge < -0.3 is 10.1 Å². The van der Waals surface area contributed by atoms with Gasteiger partial charge in [-0.15, -0.1) is 0 Å². The lowest BCUT2D eigenvalue weighted by atomic mass is 10.2. The Kier molecular flexibility index (Phi) is 4.26. The summed E-state index contributed by atoms with van der Waals surface area (Å²) < 4.78 is 6.86. The molecular formula is C12H16INO. The Labute approximate surface area is 105 Å². The van der Waals surface area contributed by atoms with Crippen molar-refractivity contribution in [1.82, 2.24) is 0 Å². The van der Waals surface area contributed by atoms with E-state index >= 15 is 0 Å². The van der Waals surface area contributed by atoms with E-state index in [1.807, 2.05) is 0 Å². The number of para-hydroxylation sites is 1. The van der Waals surface area contributed by atoms with E-state index < -0.39 is 0 Å². The molecule has 0 radical (unpaired) electrons. The van der Waals surface area contributed by atoms with E-state index in [9.17, 15) is 0 Å². The Morgan fingerprint density at radius 3 is 3.00 bits per heavy atom. The van der Waals surface area contributed by atoms with Crippen LogP contribution in [0.15, 0.2) is 24.3 Å². The molecule has 2 rings (SSSR count). The fourth-order valence-corrected chi connectivity index (χ4v) is 2.42. The van der Waals surface area contributed by atoms with Gasteiger partial charge in [-0.25, -0.2) is 0 Å². The third-order valence-electron chi connectivity index (χ3n) is 2.68. The Morgan fingerprint density at radius 1 is 1.40 bits per heavy atom. The number of hydrogen-bond donors (Lipinski definition) is 1. The molecule has 0 aromatic heterocycles. The van der Waals surface area contributed by atoms with Crippen molar-refractivity contribution in [1.29, 1.82) is 0 Å². The van der Waals surface area contributed by atoms with E-state index in [1.54, 1.807) is 0 Å². The number of rotatable bonds is 4. The normalized spacial score (nSPS) is 20.5. The van der Waals surface area contributed by atoms with Crippen molar-refractivity contribution in [3.63, 3.8) is 0 Å². The van der Waals surface area contributed by atoms with Gasteiger partial charge >= 0.3 is 0 Å². The molecule has 1 saturated heterocycles. The number of hydrogen-bond acceptors (Lipinski definition) is 2. The highest BCUT2D eigenvalue weighted by molar-refractivity contribution is 14.1. The zero-order valence-electron chi connectivity index (χ0n) is 8.71. The first kappa shape index (κ1) is 11.2. The highest BCUT2D eigenvalue weighted by Gasteiger charge is 2.14. The molecule has 0 amide bonds. The Balaban J connectivity index is 1.75. The largest absolute Gasteiger partial charge is 0.384 e. The summed E-state index contributed by atoms with van der Waals surface area (Å²) in [6.45, 7) is 1.96. The summed E-state index contributed by atoms with van der Waals surface area (Å²) in [5.41, 5.74) is 1.23. The molecule has 1 aromatic carbocycles. The molecule has 0 bridgehead atoms. The minimum atomic E-state index is 0.485. The van der Waals surface area contributed by atoms with Crippen molar-refractivity contribution in [2.24, 2.45) is 0 Å². The second-order valence-corrected chi connectivity index (χ2v) is 4.99. The van der Waals surface area contributed by atoms with Gasteiger partial charge in [0, 0.05) is 22.4 Å². The lowest BCUT2D eigenvalue weighted by Crippen LogP contribution is -2.12. The van der Waals surface area contributed by atoms with Crippen LogP contribution in [-0.4, -0.2) is 19.3 Å². The lowest BCUT2D eigenvalue weighted by molar-refractivity contribution is 0.107. The third kappa shape index (κ3) is 3.34. The van der Waals surface area contributed by atoms with Gasteiger partial charge in [-0.3, -0.25) is 0 Å². The standard InChI is InChI=1S/C12H16INO/c13-11-5-1-2-6-12(11)14-8-7-10-4-3-9-15-10/h1-2,5-6,10,14H,3-4,7-9H2. The van der Waals surface area contributed by atoms with Crippen molar-refractivity contribution in [3.05, 3.63) is 27.8 Å². The molecule has 3 heteroatoms. The summed E-state index contributed by atoms with van der Waals surface area (Å²) in [5, 5.41) is 3.45. The summed E-state index contributed by atoms with van der Waals surface area (Å²) in [7, 11) is 0. The average molecular weight is 317 g/mol. The van der Waals surface area contributed by atoms with Crippen molar-refractivity contribution in [3.8, 4) is 0 Å². The molecule has 1 atom stereocenters. The maximum Gasteiger partial charge on any atom is 0.0592 e. The molecule has 1 aliphatic heterocycles. The SMILES string of the molecule is Ic1ccccc1NCCC1CCCO1. The molecule has 1 fully saturated rings. The van der Waals surface area contributed by atoms with E-state index in [0.717, 1.165) is 19.6 Å². The quantitative estimate of drug-likeness (QED) is 0.861. The van der Waals surface area contributed by atoms with Gasteiger partial charge in [0.15, 0.2) is 0 Å². The van der Waals surface area contributed by atoms with Gasteiger partial charge in [0.1, 0.15) is 0 Å². The maximum atomic E-state index is 5.58. The van der Waals surface area contributed by atoms with Crippen molar-refractivity contribution in [2.75, 3.05) is 18.5 Å². The highest BCUT2D eigenvalue weighted by atomic mass is 127. The first-order valence-electron chi connectivity index (χ1n) is 5.46. The van der Waals surface area contributed by atoms with E-state index in [0.29, 0.717) is 6.10 Å². The number of ether oxygens (including phenoxy) is 1. The van der Waals surface area contributed by atoms with Crippen LogP contribution >= 0.6 is 22.6 Å². The minimum Gasteiger partial charge on any atom is -0.384 e. The predicted molar refractivity (Wildman–Crippen MR) is 71.2 cm³/mol. The first-order chi connectivity index (χ1) is 7.36. The molecule has 1 aromatic rings. The van der Waals surface area contributed by atoms with Crippen LogP contribution in [0.25, 0.3) is 0 Å². The van der Waals surface area contributed by atoms with Crippen LogP contribution in [0, 0.1) is 3.57 Å². The van der Waals surface area contributed by atoms with Gasteiger partial charge in [-0.1, -0.05) is 12.1 Å². The molecule has 0 spiro atoms. The molecule has 1 N–H and O–H groups in total. The number of benzene rings is 1. The van der Waals surface area contributed by atoms with Crippen LogP contribution in [-0.2, 0) is 4.74 Å². The van der Waals surface area contributed by atoms with Gasteiger partial charge in [-0.05, 0) is 54.0 Å². The third-order valence-corrected chi connectivity index (χ3v) is 3.62. The summed E-state index contributed by atoms with van der Waals surface area (Å²) in [4.78, 5) is 0. The minimum absolute atomic E-state index is 0.485. The molecule has 0 saturated carbocycles. The van der Waals surface area contributed by atoms with Crippen molar-refractivity contribution < 1.29 is 4.74 Å². The summed E-state index contributed by atoms with van der Waals surface area (Å²) in [5.74, 6) is 0. The van der Waals surface area contributed by atoms with E-state index in [-0.39, 0.29) is 0 Å². The molecule has 2 nitrogen and oxygen atoms in total. The molecule has 1 aliphatic rings. The zero-order chi connectivity index (χ0) is 10.5. The van der Waals surface area contributed by atoms with Gasteiger partial charge in [0.2, 0.25) is 0 Å². The highest BCUT2D eigenvalue weighted by Crippen LogP contribution is 2.18. The van der Waals surface area contributed by atoms with Gasteiger partial charge in [0.25, 0.3) is 0 Å². The molecule has 1 unspecified atom stereocenters. The van der Waals surface area contributed by atoms with Crippen LogP contribution in [0.3, 0.4) is 0 Å². The summed E-state index contributed by atoms with van der Waals surface area (Å²) in [6.07, 6.45) is 4.06. The maximum absolute atomic E-state index is 5.58. The first-order valence-corrected chi connectivity index (χ1v) is 6.54. The fourth-order valence-electron chi connectivity index (χ4n) is 1.84. The van der Waals surface area contributed by atoms with E-state index in [2.05, 4.69) is 52.2 Å². The van der Waals surface area contributed by atoms with Crippen LogP contribution in [0.5, 0.6) is 0 Å². The van der Waals surface area contributed by atoms with Crippen molar-refractivity contribution >= 4 is 28.3 Å². The van der Waals surface area contributed by atoms with E-state index in [4.69, 9.17) is 4.74 Å². The molecule has 0 aliphatic carbocycles. The lowest BCUT2D eigenvalue weighted by Gasteiger charge is -2.11. The molecule has 1 heterocycles. The summed E-state index contributed by atoms with van der Waals surface area (Å²) >= 11 is 2.35. The van der Waals surface area contributed by atoms with Gasteiger partial charge in [-0.2, -0.15) is 0 Å². The molecule has 82 valence electrons. The Hall–Kier alpha value is -0.290. The van der Waals surface area contributed by atoms with Gasteiger partial charge in [0.05, 0.1) is 6.10 Å². The van der Waals surface area contributed by atoms with Crippen molar-refractivity contribution in [2.45, 2.75) is 25.4 Å². The second-order valence-electron chi connectivity index (χ2n) is 3.83. The summed E-state index contributed by atoms with van der Waals surface area (Å²) in [6, 6.07) is 8.37. The van der Waals surface area contributed by atoms with Crippen LogP contribution < -0.4 is 5.32 Å². The predicted octanol–water partition coefficient (Wildman–Crippen LogP) is 3.27. The Morgan fingerprint density at radius 2 is 2.27 bits per heavy atom. The topological polar surface area (TPSA) is 21.3 Å². The zero-order valence-corrected chi connectivity index (χ0v) is 10.9. The monoisotopic (exact) mass is 317 g/mol. The number of anilines is 1. The molecule has 15 heavy (non-hydrogen) atoms. The number of nitrogens with one attached hydrogen (secondary N) is 1. The Bertz CT molecular complexity index is 310. The second kappa shape index (κ2) is 5.70. The smallest absolute Gasteiger partial charge is 0.0592 e. The average Bonchev–Trinajstić information content (AvgIpc) is 2.74. The number of halogens is 1. The molecular weight excluding hydrogens is 301 g/mol. The fraction of sp³-hybridized carbons (Fsp3) is 0.500. The van der Waals surface area contributed by atoms with Crippen LogP contribution in [0.1, 0.15) is 19.3 Å².